The fraction of sp³-hybridized carbons (Fsp3) is 0.278. The van der Waals surface area contributed by atoms with E-state index in [0.717, 1.165) is 17.6 Å². The average molecular weight is 375 g/mol. The van der Waals surface area contributed by atoms with Gasteiger partial charge < -0.3 is 10.3 Å². The van der Waals surface area contributed by atoms with Crippen molar-refractivity contribution in [3.63, 3.8) is 0 Å². The number of hydrogen-bond donors (Lipinski definition) is 2. The van der Waals surface area contributed by atoms with Crippen LogP contribution in [0.15, 0.2) is 41.7 Å². The van der Waals surface area contributed by atoms with E-state index in [2.05, 4.69) is 46.2 Å². The number of aromatic nitrogens is 3. The summed E-state index contributed by atoms with van der Waals surface area (Å²) < 4.78 is 0. The van der Waals surface area contributed by atoms with Crippen molar-refractivity contribution >= 4 is 46.1 Å². The molecule has 0 bridgehead atoms. The van der Waals surface area contributed by atoms with Gasteiger partial charge >= 0.3 is 0 Å². The predicted octanol–water partition coefficient (Wildman–Crippen LogP) is 4.86. The van der Waals surface area contributed by atoms with Crippen molar-refractivity contribution in [3.8, 4) is 0 Å². The molecule has 2 N–H and O–H groups in total. The number of pyridine rings is 1. The number of nitrogens with one attached hydrogen (secondary N) is 2. The van der Waals surface area contributed by atoms with Gasteiger partial charge in [-0.25, -0.2) is 9.97 Å². The van der Waals surface area contributed by atoms with Crippen LogP contribution in [0.25, 0.3) is 11.2 Å². The lowest BCUT2D eigenvalue weighted by Crippen LogP contribution is -2.14. The lowest BCUT2D eigenvalue weighted by Gasteiger charge is -2.10. The summed E-state index contributed by atoms with van der Waals surface area (Å²) in [6.45, 7) is 4.36. The lowest BCUT2D eigenvalue weighted by molar-refractivity contribution is -0.113. The summed E-state index contributed by atoms with van der Waals surface area (Å²) in [6, 6.07) is 9.77. The Bertz CT molecular complexity index is 878. The Labute approximate surface area is 155 Å². The van der Waals surface area contributed by atoms with Crippen molar-refractivity contribution in [2.24, 2.45) is 0 Å². The average Bonchev–Trinajstić information content (AvgIpc) is 3.02. The van der Waals surface area contributed by atoms with Gasteiger partial charge in [-0.15, -0.1) is 0 Å². The fourth-order valence-corrected chi connectivity index (χ4v) is 3.21. The Morgan fingerprint density at radius 2 is 2.12 bits per heavy atom. The molecule has 1 aromatic carbocycles. The molecule has 3 aromatic rings. The molecule has 0 unspecified atom stereocenters. The van der Waals surface area contributed by atoms with E-state index in [1.807, 2.05) is 12.1 Å². The van der Waals surface area contributed by atoms with Crippen molar-refractivity contribution in [1.29, 1.82) is 0 Å². The van der Waals surface area contributed by atoms with E-state index in [0.29, 0.717) is 21.7 Å². The van der Waals surface area contributed by atoms with E-state index in [1.54, 1.807) is 12.3 Å². The maximum absolute atomic E-state index is 12.1. The highest BCUT2D eigenvalue weighted by molar-refractivity contribution is 7.99. The first-order valence-electron chi connectivity index (χ1n) is 8.09. The van der Waals surface area contributed by atoms with Gasteiger partial charge in [0, 0.05) is 11.9 Å². The highest BCUT2D eigenvalue weighted by Gasteiger charge is 2.09. The second-order valence-electron chi connectivity index (χ2n) is 5.83. The largest absolute Gasteiger partial charge is 0.331 e. The number of thioether (sulfide) groups is 1. The highest BCUT2D eigenvalue weighted by Crippen LogP contribution is 2.22. The molecule has 0 saturated carbocycles. The zero-order chi connectivity index (χ0) is 17.8. The van der Waals surface area contributed by atoms with Crippen LogP contribution in [0, 0.1) is 0 Å². The third kappa shape index (κ3) is 4.52. The van der Waals surface area contributed by atoms with Gasteiger partial charge in [0.25, 0.3) is 0 Å². The number of rotatable bonds is 6. The van der Waals surface area contributed by atoms with Crippen LogP contribution in [0.4, 0.5) is 5.69 Å². The van der Waals surface area contributed by atoms with E-state index in [4.69, 9.17) is 11.6 Å². The Balaban J connectivity index is 1.56. The number of nitrogens with zero attached hydrogens (tertiary/aromatic N) is 2. The van der Waals surface area contributed by atoms with E-state index >= 15 is 0 Å². The summed E-state index contributed by atoms with van der Waals surface area (Å²) in [4.78, 5) is 23.7. The van der Waals surface area contributed by atoms with Crippen LogP contribution in [-0.2, 0) is 4.79 Å². The third-order valence-electron chi connectivity index (χ3n) is 4.00. The number of anilines is 1. The first-order chi connectivity index (χ1) is 12.0. The number of hydrogen-bond acceptors (Lipinski definition) is 4. The number of benzene rings is 1. The maximum Gasteiger partial charge on any atom is 0.234 e. The number of fused-ring (bicyclic) bond motifs is 1. The molecule has 25 heavy (non-hydrogen) atoms. The third-order valence-corrected chi connectivity index (χ3v) is 5.08. The molecule has 0 aliphatic heterocycles. The molecule has 7 heteroatoms. The molecule has 0 aliphatic carbocycles. The van der Waals surface area contributed by atoms with Crippen molar-refractivity contribution in [2.75, 3.05) is 11.1 Å². The van der Waals surface area contributed by atoms with Crippen LogP contribution in [0.5, 0.6) is 0 Å². The number of aromatic amines is 1. The number of carbonyl (C=O) groups excluding carboxylic acids is 1. The quantitative estimate of drug-likeness (QED) is 0.604. The molecule has 0 saturated heterocycles. The normalized spacial score (nSPS) is 12.3. The molecule has 0 radical (unpaired) electrons. The maximum atomic E-state index is 12.1. The van der Waals surface area contributed by atoms with Gasteiger partial charge in [0.05, 0.1) is 16.3 Å². The minimum atomic E-state index is -0.0762. The summed E-state index contributed by atoms with van der Waals surface area (Å²) in [7, 11) is 0. The molecule has 0 spiro atoms. The molecule has 3 rings (SSSR count). The summed E-state index contributed by atoms with van der Waals surface area (Å²) in [6.07, 6.45) is 2.65. The fourth-order valence-electron chi connectivity index (χ4n) is 2.38. The Morgan fingerprint density at radius 3 is 2.84 bits per heavy atom. The summed E-state index contributed by atoms with van der Waals surface area (Å²) in [5.41, 5.74) is 3.43. The van der Waals surface area contributed by atoms with Gasteiger partial charge in [0.2, 0.25) is 5.91 Å². The number of amides is 1. The lowest BCUT2D eigenvalue weighted by atomic mass is 9.99. The molecule has 5 nitrogen and oxygen atoms in total. The predicted molar refractivity (Wildman–Crippen MR) is 103 cm³/mol. The van der Waals surface area contributed by atoms with Gasteiger partial charge in [-0.3, -0.25) is 4.79 Å². The number of carbonyl (C=O) groups is 1. The second kappa shape index (κ2) is 7.89. The zero-order valence-electron chi connectivity index (χ0n) is 14.0. The van der Waals surface area contributed by atoms with Gasteiger partial charge in [0.15, 0.2) is 10.8 Å². The smallest absolute Gasteiger partial charge is 0.234 e. The number of H-pyrrole nitrogens is 1. The molecule has 2 aromatic heterocycles. The van der Waals surface area contributed by atoms with E-state index in [9.17, 15) is 4.79 Å². The van der Waals surface area contributed by atoms with Crippen LogP contribution in [0.2, 0.25) is 5.02 Å². The number of imidazole rings is 1. The molecule has 0 aliphatic rings. The number of halogens is 1. The van der Waals surface area contributed by atoms with E-state index in [1.165, 1.54) is 17.3 Å². The van der Waals surface area contributed by atoms with Crippen LogP contribution >= 0.6 is 23.4 Å². The Hall–Kier alpha value is -2.05. The Kier molecular flexibility index (Phi) is 5.60. The monoisotopic (exact) mass is 374 g/mol. The second-order valence-corrected chi connectivity index (χ2v) is 7.24. The summed E-state index contributed by atoms with van der Waals surface area (Å²) in [5.74, 6) is 0.712. The summed E-state index contributed by atoms with van der Waals surface area (Å²) in [5, 5.41) is 4.09. The van der Waals surface area contributed by atoms with Gasteiger partial charge in [-0.1, -0.05) is 49.3 Å². The molecule has 1 atom stereocenters. The molecular formula is C18H19ClN4OS. The Morgan fingerprint density at radius 1 is 1.36 bits per heavy atom. The van der Waals surface area contributed by atoms with Crippen molar-refractivity contribution < 1.29 is 4.79 Å². The SMILES string of the molecule is CC[C@H](C)c1ccc(NC(=O)CSc2nc3ncc(Cl)cc3[nH]2)cc1. The van der Waals surface area contributed by atoms with E-state index in [-0.39, 0.29) is 11.7 Å². The van der Waals surface area contributed by atoms with Crippen LogP contribution in [0.1, 0.15) is 31.7 Å². The van der Waals surface area contributed by atoms with E-state index < -0.39 is 0 Å². The van der Waals surface area contributed by atoms with Crippen LogP contribution in [-0.4, -0.2) is 26.6 Å². The molecule has 130 valence electrons. The van der Waals surface area contributed by atoms with Gasteiger partial charge in [-0.2, -0.15) is 0 Å². The molecule has 1 amide bonds. The van der Waals surface area contributed by atoms with Gasteiger partial charge in [-0.05, 0) is 36.1 Å². The van der Waals surface area contributed by atoms with Crippen LogP contribution < -0.4 is 5.32 Å². The highest BCUT2D eigenvalue weighted by atomic mass is 35.5. The minimum Gasteiger partial charge on any atom is -0.331 e. The molecule has 2 heterocycles. The first kappa shape index (κ1) is 17.8. The van der Waals surface area contributed by atoms with Gasteiger partial charge in [0.1, 0.15) is 0 Å². The van der Waals surface area contributed by atoms with Crippen molar-refractivity contribution in [3.05, 3.63) is 47.1 Å². The van der Waals surface area contributed by atoms with Crippen molar-refractivity contribution in [2.45, 2.75) is 31.3 Å². The topological polar surface area (TPSA) is 70.7 Å². The molecule has 0 fully saturated rings. The van der Waals surface area contributed by atoms with Crippen molar-refractivity contribution in [1.82, 2.24) is 15.0 Å². The summed E-state index contributed by atoms with van der Waals surface area (Å²) >= 11 is 7.23. The first-order valence-corrected chi connectivity index (χ1v) is 9.45. The zero-order valence-corrected chi connectivity index (χ0v) is 15.6. The minimum absolute atomic E-state index is 0.0762. The molecular weight excluding hydrogens is 356 g/mol. The standard InChI is InChI=1S/C18H19ClN4OS/c1-3-11(2)12-4-6-14(7-5-12)21-16(24)10-25-18-22-15-8-13(19)9-20-17(15)23-18/h4-9,11H,3,10H2,1-2H3,(H,21,24)(H,20,22,23)/t11-/m0/s1. The van der Waals surface area contributed by atoms with Crippen LogP contribution in [0.3, 0.4) is 0 Å².